The van der Waals surface area contributed by atoms with Crippen molar-refractivity contribution in [1.82, 2.24) is 20.0 Å². The van der Waals surface area contributed by atoms with E-state index in [4.69, 9.17) is 9.47 Å². The molecule has 2 unspecified atom stereocenters. The first-order valence-electron chi connectivity index (χ1n) is 11.3. The maximum absolute atomic E-state index is 12.1. The fourth-order valence-corrected chi connectivity index (χ4v) is 4.02. The number of hydrogen-bond donors (Lipinski definition) is 1. The van der Waals surface area contributed by atoms with Gasteiger partial charge in [-0.25, -0.2) is 4.99 Å². The molecule has 1 aromatic carbocycles. The average Bonchev–Trinajstić information content (AvgIpc) is 3.21. The standard InChI is InChI=1S/C23H37N5O3.HI/c1-4-30-13-8-11-24-23(25-15-22(29)26(2)3)28-17-20-21(18-28)31-14-12-27(20)16-19-9-6-5-7-10-19;/h5-7,9-10,20-21H,4,8,11-18H2,1-3H3,(H,24,25);1H. The average molecular weight is 559 g/mol. The molecule has 180 valence electrons. The number of benzene rings is 1. The highest BCUT2D eigenvalue weighted by atomic mass is 127. The number of halogens is 1. The number of guanidine groups is 1. The lowest BCUT2D eigenvalue weighted by molar-refractivity contribution is -0.127. The SMILES string of the molecule is CCOCCCNC(=NCC(=O)N(C)C)N1CC2OCCN(Cc3ccccc3)C2C1.I. The van der Waals surface area contributed by atoms with Crippen molar-refractivity contribution >= 4 is 35.8 Å². The number of morpholine rings is 1. The first-order chi connectivity index (χ1) is 15.1. The van der Waals surface area contributed by atoms with E-state index in [2.05, 4.69) is 50.4 Å². The molecule has 9 heteroatoms. The van der Waals surface area contributed by atoms with Crippen molar-refractivity contribution in [2.24, 2.45) is 4.99 Å². The van der Waals surface area contributed by atoms with Crippen molar-refractivity contribution in [3.05, 3.63) is 35.9 Å². The van der Waals surface area contributed by atoms with Gasteiger partial charge in [-0.2, -0.15) is 0 Å². The Morgan fingerprint density at radius 3 is 2.78 bits per heavy atom. The zero-order valence-corrected chi connectivity index (χ0v) is 21.9. The normalized spacial score (nSPS) is 21.1. The molecule has 1 amide bonds. The highest BCUT2D eigenvalue weighted by molar-refractivity contribution is 14.0. The van der Waals surface area contributed by atoms with Gasteiger partial charge in [0, 0.05) is 60.0 Å². The van der Waals surface area contributed by atoms with E-state index in [0.29, 0.717) is 12.6 Å². The van der Waals surface area contributed by atoms with Crippen LogP contribution in [0.3, 0.4) is 0 Å². The Hall–Kier alpha value is -1.43. The number of ether oxygens (including phenoxy) is 2. The molecule has 1 N–H and O–H groups in total. The van der Waals surface area contributed by atoms with Gasteiger partial charge in [-0.15, -0.1) is 24.0 Å². The van der Waals surface area contributed by atoms with Crippen molar-refractivity contribution in [2.45, 2.75) is 32.0 Å². The van der Waals surface area contributed by atoms with E-state index in [1.165, 1.54) is 5.56 Å². The van der Waals surface area contributed by atoms with Crippen LogP contribution in [0.4, 0.5) is 0 Å². The predicted molar refractivity (Wildman–Crippen MR) is 137 cm³/mol. The van der Waals surface area contributed by atoms with Gasteiger partial charge in [-0.3, -0.25) is 9.69 Å². The van der Waals surface area contributed by atoms with Gasteiger partial charge in [0.25, 0.3) is 0 Å². The second kappa shape index (κ2) is 14.0. The summed E-state index contributed by atoms with van der Waals surface area (Å²) in [5, 5.41) is 3.44. The van der Waals surface area contributed by atoms with Crippen LogP contribution in [0, 0.1) is 0 Å². The van der Waals surface area contributed by atoms with Gasteiger partial charge in [0.05, 0.1) is 18.8 Å². The zero-order valence-electron chi connectivity index (χ0n) is 19.5. The molecule has 2 fully saturated rings. The third-order valence-electron chi connectivity index (χ3n) is 5.76. The maximum Gasteiger partial charge on any atom is 0.243 e. The summed E-state index contributed by atoms with van der Waals surface area (Å²) in [6, 6.07) is 10.9. The number of amides is 1. The van der Waals surface area contributed by atoms with Crippen molar-refractivity contribution < 1.29 is 14.3 Å². The molecule has 0 aromatic heterocycles. The van der Waals surface area contributed by atoms with E-state index in [1.54, 1.807) is 19.0 Å². The Balaban J connectivity index is 0.00000363. The number of aliphatic imine (C=N–C) groups is 1. The minimum absolute atomic E-state index is 0. The van der Waals surface area contributed by atoms with E-state index in [1.807, 2.05) is 6.92 Å². The van der Waals surface area contributed by atoms with Crippen LogP contribution in [0.5, 0.6) is 0 Å². The van der Waals surface area contributed by atoms with Crippen LogP contribution in [-0.4, -0.2) is 105 Å². The Morgan fingerprint density at radius 2 is 2.06 bits per heavy atom. The molecule has 32 heavy (non-hydrogen) atoms. The second-order valence-corrected chi connectivity index (χ2v) is 8.24. The largest absolute Gasteiger partial charge is 0.382 e. The third-order valence-corrected chi connectivity index (χ3v) is 5.76. The van der Waals surface area contributed by atoms with Gasteiger partial charge in [0.2, 0.25) is 5.91 Å². The molecule has 3 rings (SSSR count). The van der Waals surface area contributed by atoms with Crippen LogP contribution in [0.25, 0.3) is 0 Å². The number of fused-ring (bicyclic) bond motifs is 1. The molecule has 0 saturated carbocycles. The molecular weight excluding hydrogens is 521 g/mol. The number of carbonyl (C=O) groups is 1. The first-order valence-corrected chi connectivity index (χ1v) is 11.3. The lowest BCUT2D eigenvalue weighted by Crippen LogP contribution is -2.50. The monoisotopic (exact) mass is 559 g/mol. The van der Waals surface area contributed by atoms with Crippen molar-refractivity contribution in [3.8, 4) is 0 Å². The van der Waals surface area contributed by atoms with Gasteiger partial charge in [-0.1, -0.05) is 30.3 Å². The van der Waals surface area contributed by atoms with E-state index in [0.717, 1.165) is 58.3 Å². The van der Waals surface area contributed by atoms with E-state index in [-0.39, 0.29) is 42.5 Å². The maximum atomic E-state index is 12.1. The third kappa shape index (κ3) is 7.86. The molecule has 8 nitrogen and oxygen atoms in total. The predicted octanol–water partition coefficient (Wildman–Crippen LogP) is 1.65. The molecule has 2 saturated heterocycles. The lowest BCUT2D eigenvalue weighted by atomic mass is 10.1. The summed E-state index contributed by atoms with van der Waals surface area (Å²) >= 11 is 0. The quantitative estimate of drug-likeness (QED) is 0.215. The van der Waals surface area contributed by atoms with Gasteiger partial charge in [0.1, 0.15) is 6.54 Å². The molecule has 2 heterocycles. The van der Waals surface area contributed by atoms with E-state index in [9.17, 15) is 4.79 Å². The molecule has 2 atom stereocenters. The van der Waals surface area contributed by atoms with Gasteiger partial charge in [0.15, 0.2) is 5.96 Å². The Bertz CT molecular complexity index is 719. The van der Waals surface area contributed by atoms with Gasteiger partial charge >= 0.3 is 0 Å². The Labute approximate surface area is 209 Å². The first kappa shape index (κ1) is 26.8. The molecule has 2 aliphatic heterocycles. The lowest BCUT2D eigenvalue weighted by Gasteiger charge is -2.36. The fraction of sp³-hybridized carbons (Fsp3) is 0.652. The molecule has 0 bridgehead atoms. The summed E-state index contributed by atoms with van der Waals surface area (Å²) in [6.45, 7) is 8.55. The van der Waals surface area contributed by atoms with Crippen LogP contribution >= 0.6 is 24.0 Å². The number of nitrogens with one attached hydrogen (secondary N) is 1. The summed E-state index contributed by atoms with van der Waals surface area (Å²) < 4.78 is 11.5. The van der Waals surface area contributed by atoms with E-state index >= 15 is 0 Å². The molecular formula is C23H38IN5O3. The van der Waals surface area contributed by atoms with Crippen LogP contribution in [0.15, 0.2) is 35.3 Å². The number of rotatable bonds is 9. The minimum atomic E-state index is -0.00724. The minimum Gasteiger partial charge on any atom is -0.382 e. The molecule has 0 radical (unpaired) electrons. The number of likely N-dealkylation sites (N-methyl/N-ethyl adjacent to an activating group) is 1. The summed E-state index contributed by atoms with van der Waals surface area (Å²) in [5.41, 5.74) is 1.32. The van der Waals surface area contributed by atoms with Crippen LogP contribution in [0.1, 0.15) is 18.9 Å². The number of carbonyl (C=O) groups excluding carboxylic acids is 1. The van der Waals surface area contributed by atoms with Crippen molar-refractivity contribution in [2.75, 3.05) is 66.6 Å². The smallest absolute Gasteiger partial charge is 0.243 e. The van der Waals surface area contributed by atoms with Crippen LogP contribution in [0.2, 0.25) is 0 Å². The van der Waals surface area contributed by atoms with E-state index < -0.39 is 0 Å². The summed E-state index contributed by atoms with van der Waals surface area (Å²) in [7, 11) is 3.51. The highest BCUT2D eigenvalue weighted by Gasteiger charge is 2.41. The summed E-state index contributed by atoms with van der Waals surface area (Å²) in [6.07, 6.45) is 1.05. The Kier molecular flexibility index (Phi) is 11.7. The number of nitrogens with zero attached hydrogens (tertiary/aromatic N) is 4. The number of hydrogen-bond acceptors (Lipinski definition) is 5. The molecule has 0 aliphatic carbocycles. The van der Waals surface area contributed by atoms with Crippen LogP contribution < -0.4 is 5.32 Å². The Morgan fingerprint density at radius 1 is 1.28 bits per heavy atom. The molecule has 1 aromatic rings. The molecule has 2 aliphatic rings. The van der Waals surface area contributed by atoms with Crippen LogP contribution in [-0.2, 0) is 20.8 Å². The van der Waals surface area contributed by atoms with Gasteiger partial charge < -0.3 is 24.6 Å². The zero-order chi connectivity index (χ0) is 22.1. The fourth-order valence-electron chi connectivity index (χ4n) is 4.02. The second-order valence-electron chi connectivity index (χ2n) is 8.24. The summed E-state index contributed by atoms with van der Waals surface area (Å²) in [5.74, 6) is 0.775. The van der Waals surface area contributed by atoms with Crippen molar-refractivity contribution in [3.63, 3.8) is 0 Å². The highest BCUT2D eigenvalue weighted by Crippen LogP contribution is 2.24. The topological polar surface area (TPSA) is 69.6 Å². The number of likely N-dealkylation sites (tertiary alicyclic amines) is 1. The van der Waals surface area contributed by atoms with Crippen molar-refractivity contribution in [1.29, 1.82) is 0 Å². The van der Waals surface area contributed by atoms with Gasteiger partial charge in [-0.05, 0) is 18.9 Å². The molecule has 0 spiro atoms. The summed E-state index contributed by atoms with van der Waals surface area (Å²) in [4.78, 5) is 23.1.